The topological polar surface area (TPSA) is 58.9 Å². The minimum Gasteiger partial charge on any atom is -0.489 e. The number of rotatable bonds is 7. The molecule has 96 valence electrons. The second-order valence-electron chi connectivity index (χ2n) is 4.30. The van der Waals surface area contributed by atoms with Crippen molar-refractivity contribution in [2.24, 2.45) is 5.92 Å². The zero-order valence-electron chi connectivity index (χ0n) is 10.3. The molecule has 1 aromatic carbocycles. The number of aliphatic hydroxyl groups is 2. The first-order valence-corrected chi connectivity index (χ1v) is 5.77. The van der Waals surface area contributed by atoms with Gasteiger partial charge in [-0.2, -0.15) is 0 Å². The maximum atomic E-state index is 9.21. The van der Waals surface area contributed by atoms with E-state index in [2.05, 4.69) is 13.8 Å². The average Bonchev–Trinajstić information content (AvgIpc) is 2.34. The Kier molecular flexibility index (Phi) is 5.80. The van der Waals surface area contributed by atoms with E-state index in [1.165, 1.54) is 0 Å². The highest BCUT2D eigenvalue weighted by Crippen LogP contribution is 2.26. The van der Waals surface area contributed by atoms with Crippen LogP contribution < -0.4 is 9.47 Å². The first kappa shape index (κ1) is 13.8. The maximum absolute atomic E-state index is 9.21. The van der Waals surface area contributed by atoms with Gasteiger partial charge in [-0.05, 0) is 18.1 Å². The normalized spacial score (nSPS) is 12.5. The Morgan fingerprint density at radius 3 is 2.06 bits per heavy atom. The molecule has 0 fully saturated rings. The fraction of sp³-hybridized carbons (Fsp3) is 0.538. The van der Waals surface area contributed by atoms with E-state index in [1.807, 2.05) is 18.2 Å². The first-order valence-electron chi connectivity index (χ1n) is 5.77. The van der Waals surface area contributed by atoms with Crippen molar-refractivity contribution in [1.82, 2.24) is 0 Å². The lowest BCUT2D eigenvalue weighted by Crippen LogP contribution is -2.21. The Balaban J connectivity index is 2.57. The minimum atomic E-state index is -0.867. The largest absolute Gasteiger partial charge is 0.489 e. The van der Waals surface area contributed by atoms with Gasteiger partial charge in [0.25, 0.3) is 0 Å². The Bertz CT molecular complexity index is 325. The molecule has 0 saturated heterocycles. The molecule has 1 aromatic rings. The van der Waals surface area contributed by atoms with Crippen LogP contribution in [0.5, 0.6) is 11.5 Å². The number of hydrogen-bond donors (Lipinski definition) is 2. The van der Waals surface area contributed by atoms with Gasteiger partial charge in [0.05, 0.1) is 13.2 Å². The third-order valence-electron chi connectivity index (χ3n) is 2.06. The van der Waals surface area contributed by atoms with Gasteiger partial charge in [0.15, 0.2) is 11.5 Å². The van der Waals surface area contributed by atoms with Crippen LogP contribution in [0.3, 0.4) is 0 Å². The molecular weight excluding hydrogens is 220 g/mol. The molecule has 0 spiro atoms. The van der Waals surface area contributed by atoms with E-state index >= 15 is 0 Å². The smallest absolute Gasteiger partial charge is 0.161 e. The van der Waals surface area contributed by atoms with Gasteiger partial charge in [-0.1, -0.05) is 26.0 Å². The molecule has 0 aliphatic carbocycles. The summed E-state index contributed by atoms with van der Waals surface area (Å²) in [6.45, 7) is 4.49. The Morgan fingerprint density at radius 1 is 1.06 bits per heavy atom. The van der Waals surface area contributed by atoms with Crippen LogP contribution in [0.4, 0.5) is 0 Å². The highest BCUT2D eigenvalue weighted by Gasteiger charge is 2.08. The zero-order chi connectivity index (χ0) is 12.7. The first-order chi connectivity index (χ1) is 8.13. The Labute approximate surface area is 102 Å². The predicted octanol–water partition coefficient (Wildman–Crippen LogP) is 1.45. The Morgan fingerprint density at radius 2 is 1.59 bits per heavy atom. The molecule has 0 bridgehead atoms. The Hall–Kier alpha value is -1.26. The molecule has 0 aromatic heterocycles. The van der Waals surface area contributed by atoms with Crippen LogP contribution in [0.1, 0.15) is 13.8 Å². The lowest BCUT2D eigenvalue weighted by atomic mass is 10.2. The van der Waals surface area contributed by atoms with Crippen LogP contribution in [0.2, 0.25) is 0 Å². The summed E-state index contributed by atoms with van der Waals surface area (Å²) in [5, 5.41) is 17.9. The summed E-state index contributed by atoms with van der Waals surface area (Å²) in [4.78, 5) is 0. The lowest BCUT2D eigenvalue weighted by molar-refractivity contribution is 0.0523. The summed E-state index contributed by atoms with van der Waals surface area (Å²) in [5.41, 5.74) is 0. The van der Waals surface area contributed by atoms with Gasteiger partial charge in [0.2, 0.25) is 0 Å². The number of ether oxygens (including phenoxy) is 2. The number of aliphatic hydroxyl groups excluding tert-OH is 2. The molecule has 0 radical (unpaired) electrons. The standard InChI is InChI=1S/C13H20O4/c1-10(2)8-16-12-5-3-4-6-13(12)17-9-11(15)7-14/h3-6,10-11,14-15H,7-9H2,1-2H3/t11-/m1/s1. The van der Waals surface area contributed by atoms with E-state index in [4.69, 9.17) is 14.6 Å². The summed E-state index contributed by atoms with van der Waals surface area (Å²) in [7, 11) is 0. The quantitative estimate of drug-likeness (QED) is 0.757. The fourth-order valence-electron chi connectivity index (χ4n) is 1.18. The maximum Gasteiger partial charge on any atom is 0.161 e. The summed E-state index contributed by atoms with van der Waals surface area (Å²) in [6.07, 6.45) is -0.867. The van der Waals surface area contributed by atoms with Crippen molar-refractivity contribution < 1.29 is 19.7 Å². The third-order valence-corrected chi connectivity index (χ3v) is 2.06. The average molecular weight is 240 g/mol. The molecule has 4 heteroatoms. The van der Waals surface area contributed by atoms with Crippen LogP contribution in [0.15, 0.2) is 24.3 Å². The fourth-order valence-corrected chi connectivity index (χ4v) is 1.18. The van der Waals surface area contributed by atoms with Crippen LogP contribution >= 0.6 is 0 Å². The van der Waals surface area contributed by atoms with Crippen molar-refractivity contribution in [1.29, 1.82) is 0 Å². The summed E-state index contributed by atoms with van der Waals surface area (Å²) in [5.74, 6) is 1.68. The van der Waals surface area contributed by atoms with Gasteiger partial charge in [0, 0.05) is 0 Å². The molecule has 0 unspecified atom stereocenters. The third kappa shape index (κ3) is 5.06. The van der Waals surface area contributed by atoms with E-state index in [0.717, 1.165) is 0 Å². The van der Waals surface area contributed by atoms with Crippen molar-refractivity contribution in [2.45, 2.75) is 20.0 Å². The zero-order valence-corrected chi connectivity index (χ0v) is 10.3. The summed E-state index contributed by atoms with van der Waals surface area (Å²) < 4.78 is 11.0. The van der Waals surface area contributed by atoms with Gasteiger partial charge in [-0.25, -0.2) is 0 Å². The molecule has 0 heterocycles. The van der Waals surface area contributed by atoms with E-state index < -0.39 is 6.10 Å². The van der Waals surface area contributed by atoms with Gasteiger partial charge in [-0.3, -0.25) is 0 Å². The van der Waals surface area contributed by atoms with Gasteiger partial charge >= 0.3 is 0 Å². The minimum absolute atomic E-state index is 0.0541. The lowest BCUT2D eigenvalue weighted by Gasteiger charge is -2.15. The van der Waals surface area contributed by atoms with Crippen LogP contribution in [-0.2, 0) is 0 Å². The molecule has 0 aliphatic heterocycles. The molecule has 17 heavy (non-hydrogen) atoms. The van der Waals surface area contributed by atoms with Gasteiger partial charge < -0.3 is 19.7 Å². The highest BCUT2D eigenvalue weighted by molar-refractivity contribution is 5.39. The van der Waals surface area contributed by atoms with E-state index in [9.17, 15) is 5.11 Å². The van der Waals surface area contributed by atoms with Crippen LogP contribution in [-0.4, -0.2) is 36.1 Å². The number of para-hydroxylation sites is 2. The van der Waals surface area contributed by atoms with Gasteiger partial charge in [-0.15, -0.1) is 0 Å². The van der Waals surface area contributed by atoms with E-state index in [1.54, 1.807) is 6.07 Å². The second kappa shape index (κ2) is 7.14. The molecule has 1 atom stereocenters. The highest BCUT2D eigenvalue weighted by atomic mass is 16.5. The molecular formula is C13H20O4. The molecule has 2 N–H and O–H groups in total. The van der Waals surface area contributed by atoms with Crippen molar-refractivity contribution in [2.75, 3.05) is 19.8 Å². The van der Waals surface area contributed by atoms with Crippen molar-refractivity contribution in [3.05, 3.63) is 24.3 Å². The monoisotopic (exact) mass is 240 g/mol. The second-order valence-corrected chi connectivity index (χ2v) is 4.30. The van der Waals surface area contributed by atoms with E-state index in [0.29, 0.717) is 24.0 Å². The molecule has 0 amide bonds. The van der Waals surface area contributed by atoms with Crippen molar-refractivity contribution in [3.63, 3.8) is 0 Å². The van der Waals surface area contributed by atoms with E-state index in [-0.39, 0.29) is 13.2 Å². The van der Waals surface area contributed by atoms with Crippen LogP contribution in [0.25, 0.3) is 0 Å². The summed E-state index contributed by atoms with van der Waals surface area (Å²) in [6, 6.07) is 7.30. The van der Waals surface area contributed by atoms with Gasteiger partial charge in [0.1, 0.15) is 12.7 Å². The van der Waals surface area contributed by atoms with Crippen LogP contribution in [0, 0.1) is 5.92 Å². The van der Waals surface area contributed by atoms with Crippen molar-refractivity contribution >= 4 is 0 Å². The molecule has 0 saturated carbocycles. The molecule has 0 aliphatic rings. The number of benzene rings is 1. The molecule has 1 rings (SSSR count). The predicted molar refractivity (Wildman–Crippen MR) is 65.4 cm³/mol. The SMILES string of the molecule is CC(C)COc1ccccc1OC[C@H](O)CO. The van der Waals surface area contributed by atoms with Crippen molar-refractivity contribution in [3.8, 4) is 11.5 Å². The number of hydrogen-bond acceptors (Lipinski definition) is 4. The molecule has 4 nitrogen and oxygen atoms in total. The summed E-state index contributed by atoms with van der Waals surface area (Å²) >= 11 is 0.